The summed E-state index contributed by atoms with van der Waals surface area (Å²) in [7, 11) is -4.75. The fourth-order valence-corrected chi connectivity index (χ4v) is 10.7. The Morgan fingerprint density at radius 2 is 0.431 bits per heavy atom. The number of carbonyl (C=O) groups excluding carboxylic acids is 2. The van der Waals surface area contributed by atoms with Gasteiger partial charge in [0.15, 0.2) is 5.78 Å². The molecular weight excluding hydrogens is 935 g/mol. The third-order valence-corrected chi connectivity index (χ3v) is 14.0. The van der Waals surface area contributed by atoms with Crippen LogP contribution in [0.3, 0.4) is 0 Å². The third kappa shape index (κ3) is 9.70. The van der Waals surface area contributed by atoms with Crippen LogP contribution in [0.15, 0.2) is 255 Å². The summed E-state index contributed by atoms with van der Waals surface area (Å²) >= 11 is 0. The van der Waals surface area contributed by atoms with Crippen LogP contribution in [0.5, 0.6) is 34.5 Å². The van der Waals surface area contributed by atoms with E-state index >= 15 is 4.79 Å². The van der Waals surface area contributed by atoms with Gasteiger partial charge in [-0.25, -0.2) is 0 Å². The van der Waals surface area contributed by atoms with E-state index < -0.39 is 23.0 Å². The van der Waals surface area contributed by atoms with Gasteiger partial charge >= 0.3 is 17.2 Å². The Morgan fingerprint density at radius 1 is 0.208 bits per heavy atom. The van der Waals surface area contributed by atoms with Gasteiger partial charge in [0.25, 0.3) is 0 Å². The summed E-state index contributed by atoms with van der Waals surface area (Å²) in [5.41, 5.74) is 7.34. The standard InChI is InChI=1S/C62H42O8P2/c63-61-51-35-21-41-57(69-71(65-53-37-17-13-31-47(53)43-23-5-1-6-24-43)66-54-38-18-14-32-48(54)44-25-7-2-8-26-44)59(51)62(64)60-52(61)36-22-42-58(60)70-72(67-55-39-19-15-33-49(55)45-27-9-3-10-28-45)68-56-40-20-16-34-50(56)46-29-11-4-12-30-46/h1-42H. The van der Waals surface area contributed by atoms with E-state index in [1.54, 1.807) is 36.4 Å². The maximum absolute atomic E-state index is 15.4. The third-order valence-electron chi connectivity index (χ3n) is 11.9. The molecule has 0 spiro atoms. The fraction of sp³-hybridized carbons (Fsp3) is 0. The summed E-state index contributed by atoms with van der Waals surface area (Å²) in [6, 6.07) is 79.9. The molecule has 10 aromatic rings. The number of rotatable bonds is 16. The summed E-state index contributed by atoms with van der Waals surface area (Å²) < 4.78 is 40.6. The van der Waals surface area contributed by atoms with Crippen LogP contribution in [-0.2, 0) is 0 Å². The van der Waals surface area contributed by atoms with Crippen LogP contribution >= 0.6 is 17.2 Å². The number of para-hydroxylation sites is 4. The topological polar surface area (TPSA) is 89.5 Å². The van der Waals surface area contributed by atoms with E-state index in [-0.39, 0.29) is 39.5 Å². The highest BCUT2D eigenvalue weighted by Gasteiger charge is 2.38. The normalized spacial score (nSPS) is 11.6. The molecule has 1 aliphatic rings. The summed E-state index contributed by atoms with van der Waals surface area (Å²) in [5.74, 6) is 1.28. The molecule has 0 fully saturated rings. The lowest BCUT2D eigenvalue weighted by atomic mass is 9.83. The van der Waals surface area contributed by atoms with Crippen molar-refractivity contribution in [2.45, 2.75) is 0 Å². The van der Waals surface area contributed by atoms with Gasteiger partial charge in [-0.2, -0.15) is 0 Å². The van der Waals surface area contributed by atoms with Gasteiger partial charge in [-0.05, 0) is 58.7 Å². The molecule has 0 aromatic heterocycles. The number of carbonyl (C=O) groups is 2. The van der Waals surface area contributed by atoms with E-state index in [2.05, 4.69) is 0 Å². The van der Waals surface area contributed by atoms with Gasteiger partial charge < -0.3 is 27.1 Å². The van der Waals surface area contributed by atoms with Crippen LogP contribution in [-0.4, -0.2) is 11.6 Å². The minimum Gasteiger partial charge on any atom is -0.408 e. The lowest BCUT2D eigenvalue weighted by Crippen LogP contribution is -2.23. The number of benzene rings is 10. The second-order valence-corrected chi connectivity index (χ2v) is 18.4. The SMILES string of the molecule is O=C1c2cccc(OP(Oc3ccccc3-c3ccccc3)Oc3ccccc3-c3ccccc3)c2C(=O)c2c(OP(Oc3ccccc3-c3ccccc3)Oc3ccccc3-c3ccccc3)cccc21. The number of hydrogen-bond acceptors (Lipinski definition) is 8. The monoisotopic (exact) mass is 976 g/mol. The van der Waals surface area contributed by atoms with Crippen molar-refractivity contribution in [2.24, 2.45) is 0 Å². The lowest BCUT2D eigenvalue weighted by Gasteiger charge is -2.26. The molecule has 10 heteroatoms. The van der Waals surface area contributed by atoms with Crippen molar-refractivity contribution in [3.05, 3.63) is 277 Å². The van der Waals surface area contributed by atoms with E-state index in [4.69, 9.17) is 27.1 Å². The first-order valence-corrected chi connectivity index (χ1v) is 25.4. The Hall–Kier alpha value is -8.80. The molecule has 11 rings (SSSR count). The van der Waals surface area contributed by atoms with E-state index in [1.165, 1.54) is 0 Å². The Balaban J connectivity index is 0.977. The van der Waals surface area contributed by atoms with Crippen molar-refractivity contribution in [3.8, 4) is 79.0 Å². The molecule has 0 atom stereocenters. The molecule has 348 valence electrons. The molecule has 1 aliphatic carbocycles. The second-order valence-electron chi connectivity index (χ2n) is 16.5. The molecule has 0 saturated heterocycles. The highest BCUT2D eigenvalue weighted by Crippen LogP contribution is 2.52. The smallest absolute Gasteiger partial charge is 0.408 e. The molecule has 0 aliphatic heterocycles. The molecule has 0 heterocycles. The first-order chi connectivity index (χ1) is 35.6. The summed E-state index contributed by atoms with van der Waals surface area (Å²) in [5, 5.41) is 0. The lowest BCUT2D eigenvalue weighted by molar-refractivity contribution is 0.0975. The van der Waals surface area contributed by atoms with Gasteiger partial charge in [-0.1, -0.05) is 218 Å². The maximum Gasteiger partial charge on any atom is 0.530 e. The van der Waals surface area contributed by atoms with Crippen molar-refractivity contribution in [1.82, 2.24) is 0 Å². The molecule has 8 nitrogen and oxygen atoms in total. The fourth-order valence-electron chi connectivity index (χ4n) is 8.53. The predicted octanol–water partition coefficient (Wildman–Crippen LogP) is 16.7. The molecule has 0 amide bonds. The summed E-state index contributed by atoms with van der Waals surface area (Å²) in [4.78, 5) is 30.1. The maximum atomic E-state index is 15.4. The molecule has 0 saturated carbocycles. The average molecular weight is 977 g/mol. The first kappa shape index (κ1) is 45.6. The van der Waals surface area contributed by atoms with Crippen molar-refractivity contribution in [2.75, 3.05) is 0 Å². The Morgan fingerprint density at radius 3 is 0.722 bits per heavy atom. The van der Waals surface area contributed by atoms with Crippen LogP contribution in [0.2, 0.25) is 0 Å². The number of fused-ring (bicyclic) bond motifs is 2. The molecule has 0 radical (unpaired) electrons. The minimum absolute atomic E-state index is 0.0356. The Kier molecular flexibility index (Phi) is 13.3. The molecular formula is C62H42O8P2. The quantitative estimate of drug-likeness (QED) is 0.0885. The zero-order chi connectivity index (χ0) is 48.6. The van der Waals surface area contributed by atoms with E-state index in [9.17, 15) is 4.79 Å². The largest absolute Gasteiger partial charge is 0.530 e. The van der Waals surface area contributed by atoms with Crippen LogP contribution in [0.4, 0.5) is 0 Å². The molecule has 0 N–H and O–H groups in total. The van der Waals surface area contributed by atoms with Crippen molar-refractivity contribution < 1.29 is 36.7 Å². The van der Waals surface area contributed by atoms with E-state index in [0.717, 1.165) is 44.5 Å². The number of hydrogen-bond donors (Lipinski definition) is 0. The first-order valence-electron chi connectivity index (χ1n) is 23.2. The van der Waals surface area contributed by atoms with Crippen LogP contribution in [0, 0.1) is 0 Å². The zero-order valence-electron chi connectivity index (χ0n) is 38.4. The van der Waals surface area contributed by atoms with Crippen molar-refractivity contribution in [1.29, 1.82) is 0 Å². The second kappa shape index (κ2) is 21.1. The van der Waals surface area contributed by atoms with Crippen molar-refractivity contribution in [3.63, 3.8) is 0 Å². The summed E-state index contributed by atoms with van der Waals surface area (Å²) in [6.07, 6.45) is 0. The van der Waals surface area contributed by atoms with Crippen LogP contribution in [0.1, 0.15) is 31.8 Å². The highest BCUT2D eigenvalue weighted by atomic mass is 31.2. The van der Waals surface area contributed by atoms with Gasteiger partial charge in [-0.3, -0.25) is 9.59 Å². The molecule has 72 heavy (non-hydrogen) atoms. The predicted molar refractivity (Wildman–Crippen MR) is 285 cm³/mol. The minimum atomic E-state index is -2.37. The molecule has 0 bridgehead atoms. The van der Waals surface area contributed by atoms with Gasteiger partial charge in [0, 0.05) is 33.4 Å². The van der Waals surface area contributed by atoms with Gasteiger partial charge in [0.05, 0.1) is 11.1 Å². The zero-order valence-corrected chi connectivity index (χ0v) is 40.2. The average Bonchev–Trinajstić information content (AvgIpc) is 3.44. The Labute approximate surface area is 419 Å². The highest BCUT2D eigenvalue weighted by molar-refractivity contribution is 7.43. The van der Waals surface area contributed by atoms with E-state index in [0.29, 0.717) is 23.0 Å². The number of ketones is 2. The molecule has 10 aromatic carbocycles. The van der Waals surface area contributed by atoms with Crippen molar-refractivity contribution >= 4 is 28.8 Å². The molecule has 0 unspecified atom stereocenters. The van der Waals surface area contributed by atoms with Gasteiger partial charge in [-0.15, -0.1) is 0 Å². The Bertz CT molecular complexity index is 3140. The van der Waals surface area contributed by atoms with E-state index in [1.807, 2.05) is 218 Å². The van der Waals surface area contributed by atoms with Gasteiger partial charge in [0.2, 0.25) is 5.78 Å². The van der Waals surface area contributed by atoms with Crippen LogP contribution in [0.25, 0.3) is 44.5 Å². The van der Waals surface area contributed by atoms with Crippen LogP contribution < -0.4 is 27.1 Å². The van der Waals surface area contributed by atoms with Gasteiger partial charge in [0.1, 0.15) is 34.5 Å². The summed E-state index contributed by atoms with van der Waals surface area (Å²) in [6.45, 7) is 0.